The van der Waals surface area contributed by atoms with Gasteiger partial charge in [-0.25, -0.2) is 9.97 Å². The summed E-state index contributed by atoms with van der Waals surface area (Å²) >= 11 is 0. The van der Waals surface area contributed by atoms with Crippen LogP contribution in [0.2, 0.25) is 0 Å². The summed E-state index contributed by atoms with van der Waals surface area (Å²) in [5.74, 6) is 1.19. The molecule has 0 saturated heterocycles. The smallest absolute Gasteiger partial charge is 0.271 e. The summed E-state index contributed by atoms with van der Waals surface area (Å²) in [5.41, 5.74) is 0.239. The molecule has 20 heavy (non-hydrogen) atoms. The lowest BCUT2D eigenvalue weighted by molar-refractivity contribution is 0.0941. The van der Waals surface area contributed by atoms with Crippen LogP contribution >= 0.6 is 0 Å². The molecule has 2 aromatic heterocycles. The Kier molecular flexibility index (Phi) is 4.59. The molecule has 2 rings (SSSR count). The second-order valence-corrected chi connectivity index (χ2v) is 4.13. The predicted molar refractivity (Wildman–Crippen MR) is 71.0 cm³/mol. The van der Waals surface area contributed by atoms with Gasteiger partial charge in [0.05, 0.1) is 18.9 Å². The highest BCUT2D eigenvalue weighted by atomic mass is 16.5. The molecule has 2 N–H and O–H groups in total. The molecular weight excluding hydrogens is 260 g/mol. The molecule has 1 amide bonds. The summed E-state index contributed by atoms with van der Waals surface area (Å²) in [5, 5.41) is 9.35. The lowest BCUT2D eigenvalue weighted by atomic mass is 10.4. The number of amides is 1. The van der Waals surface area contributed by atoms with Crippen LogP contribution in [0.5, 0.6) is 0 Å². The summed E-state index contributed by atoms with van der Waals surface area (Å²) in [6.45, 7) is 4.75. The van der Waals surface area contributed by atoms with Crippen LogP contribution < -0.4 is 10.6 Å². The average Bonchev–Trinajstić information content (AvgIpc) is 2.89. The van der Waals surface area contributed by atoms with Crippen LogP contribution in [-0.4, -0.2) is 32.6 Å². The second-order valence-electron chi connectivity index (χ2n) is 4.13. The maximum atomic E-state index is 11.8. The molecule has 0 aliphatic heterocycles. The van der Waals surface area contributed by atoms with E-state index in [-0.39, 0.29) is 18.1 Å². The van der Waals surface area contributed by atoms with Gasteiger partial charge in [0.25, 0.3) is 5.91 Å². The van der Waals surface area contributed by atoms with Crippen molar-refractivity contribution in [2.24, 2.45) is 0 Å². The van der Waals surface area contributed by atoms with E-state index in [9.17, 15) is 4.79 Å². The molecule has 0 spiro atoms. The average molecular weight is 276 g/mol. The van der Waals surface area contributed by atoms with E-state index in [1.165, 1.54) is 12.4 Å². The molecule has 0 aromatic carbocycles. The van der Waals surface area contributed by atoms with Crippen molar-refractivity contribution < 1.29 is 9.32 Å². The van der Waals surface area contributed by atoms with Gasteiger partial charge in [-0.1, -0.05) is 12.1 Å². The Bertz CT molecular complexity index is 566. The van der Waals surface area contributed by atoms with E-state index in [2.05, 4.69) is 37.7 Å². The number of anilines is 1. The summed E-state index contributed by atoms with van der Waals surface area (Å²) in [6, 6.07) is 0. The zero-order valence-corrected chi connectivity index (χ0v) is 11.4. The highest BCUT2D eigenvalue weighted by Crippen LogP contribution is 2.02. The van der Waals surface area contributed by atoms with Crippen LogP contribution in [0.15, 0.2) is 16.9 Å². The van der Waals surface area contributed by atoms with E-state index in [0.29, 0.717) is 17.5 Å². The zero-order valence-electron chi connectivity index (χ0n) is 11.4. The Morgan fingerprint density at radius 2 is 2.20 bits per heavy atom. The number of aryl methyl sites for hydroxylation is 1. The number of carbonyl (C=O) groups is 1. The van der Waals surface area contributed by atoms with Gasteiger partial charge < -0.3 is 15.2 Å². The van der Waals surface area contributed by atoms with Crippen molar-refractivity contribution in [3.8, 4) is 0 Å². The summed E-state index contributed by atoms with van der Waals surface area (Å²) in [4.78, 5) is 24.0. The van der Waals surface area contributed by atoms with Crippen molar-refractivity contribution >= 4 is 11.7 Å². The molecular formula is C12H16N6O2. The van der Waals surface area contributed by atoms with Crippen LogP contribution in [0, 0.1) is 6.92 Å². The van der Waals surface area contributed by atoms with E-state index in [1.54, 1.807) is 6.92 Å². The van der Waals surface area contributed by atoms with Crippen LogP contribution in [0.25, 0.3) is 0 Å². The van der Waals surface area contributed by atoms with Gasteiger partial charge in [-0.3, -0.25) is 4.79 Å². The zero-order chi connectivity index (χ0) is 14.4. The molecule has 0 aliphatic carbocycles. The fourth-order valence-corrected chi connectivity index (χ4v) is 1.45. The first-order valence-electron chi connectivity index (χ1n) is 6.32. The van der Waals surface area contributed by atoms with E-state index in [4.69, 9.17) is 4.52 Å². The first-order valence-corrected chi connectivity index (χ1v) is 6.32. The van der Waals surface area contributed by atoms with Crippen LogP contribution in [0.1, 0.15) is 35.5 Å². The Morgan fingerprint density at radius 1 is 1.35 bits per heavy atom. The number of aromatic nitrogens is 4. The number of rotatable bonds is 6. The molecule has 106 valence electrons. The Morgan fingerprint density at radius 3 is 2.80 bits per heavy atom. The highest BCUT2D eigenvalue weighted by Gasteiger charge is 2.10. The predicted octanol–water partition coefficient (Wildman–Crippen LogP) is 0.920. The lowest BCUT2D eigenvalue weighted by Crippen LogP contribution is -2.24. The molecule has 0 radical (unpaired) electrons. The van der Waals surface area contributed by atoms with Crippen molar-refractivity contribution in [1.29, 1.82) is 0 Å². The van der Waals surface area contributed by atoms with Crippen molar-refractivity contribution in [1.82, 2.24) is 25.4 Å². The van der Waals surface area contributed by atoms with Crippen molar-refractivity contribution in [3.05, 3.63) is 29.8 Å². The third kappa shape index (κ3) is 3.74. The van der Waals surface area contributed by atoms with Gasteiger partial charge in [0.1, 0.15) is 11.5 Å². The maximum absolute atomic E-state index is 11.8. The van der Waals surface area contributed by atoms with E-state index in [1.807, 2.05) is 0 Å². The molecule has 0 fully saturated rings. The highest BCUT2D eigenvalue weighted by molar-refractivity contribution is 5.91. The standard InChI is InChI=1S/C12H16N6O2/c1-3-4-13-10-6-14-9(5-15-10)12(19)16-7-11-17-8(2)18-20-11/h5-6H,3-4,7H2,1-2H3,(H,13,15)(H,16,19). The SMILES string of the molecule is CCCNc1cnc(C(=O)NCc2nc(C)no2)cn1. The van der Waals surface area contributed by atoms with Crippen molar-refractivity contribution in [2.75, 3.05) is 11.9 Å². The van der Waals surface area contributed by atoms with Crippen LogP contribution in [0.4, 0.5) is 5.82 Å². The van der Waals surface area contributed by atoms with Gasteiger partial charge in [-0.05, 0) is 13.3 Å². The monoisotopic (exact) mass is 276 g/mol. The Balaban J connectivity index is 1.88. The Labute approximate surface area is 116 Å². The van der Waals surface area contributed by atoms with E-state index in [0.717, 1.165) is 13.0 Å². The minimum absolute atomic E-state index is 0.164. The number of hydrogen-bond donors (Lipinski definition) is 2. The molecule has 0 unspecified atom stereocenters. The summed E-state index contributed by atoms with van der Waals surface area (Å²) < 4.78 is 4.89. The summed E-state index contributed by atoms with van der Waals surface area (Å²) in [6.07, 6.45) is 3.95. The van der Waals surface area contributed by atoms with Crippen molar-refractivity contribution in [3.63, 3.8) is 0 Å². The third-order valence-corrected chi connectivity index (χ3v) is 2.41. The summed E-state index contributed by atoms with van der Waals surface area (Å²) in [7, 11) is 0. The van der Waals surface area contributed by atoms with Gasteiger partial charge >= 0.3 is 0 Å². The van der Waals surface area contributed by atoms with Gasteiger partial charge in [-0.2, -0.15) is 4.98 Å². The van der Waals surface area contributed by atoms with E-state index < -0.39 is 0 Å². The maximum Gasteiger partial charge on any atom is 0.271 e. The van der Waals surface area contributed by atoms with Gasteiger partial charge in [0.2, 0.25) is 5.89 Å². The minimum Gasteiger partial charge on any atom is -0.369 e. The first-order chi connectivity index (χ1) is 9.69. The molecule has 0 saturated carbocycles. The fraction of sp³-hybridized carbons (Fsp3) is 0.417. The Hall–Kier alpha value is -2.51. The lowest BCUT2D eigenvalue weighted by Gasteiger charge is -2.04. The fourth-order valence-electron chi connectivity index (χ4n) is 1.45. The third-order valence-electron chi connectivity index (χ3n) is 2.41. The normalized spacial score (nSPS) is 10.3. The van der Waals surface area contributed by atoms with Crippen LogP contribution in [-0.2, 0) is 6.54 Å². The van der Waals surface area contributed by atoms with Crippen molar-refractivity contribution in [2.45, 2.75) is 26.8 Å². The number of carbonyl (C=O) groups excluding carboxylic acids is 1. The molecule has 0 aliphatic rings. The molecule has 8 nitrogen and oxygen atoms in total. The van der Waals surface area contributed by atoms with E-state index >= 15 is 0 Å². The minimum atomic E-state index is -0.338. The number of hydrogen-bond acceptors (Lipinski definition) is 7. The molecule has 2 aromatic rings. The quantitative estimate of drug-likeness (QED) is 0.808. The number of nitrogens with one attached hydrogen (secondary N) is 2. The second kappa shape index (κ2) is 6.60. The van der Waals surface area contributed by atoms with Gasteiger partial charge in [0, 0.05) is 6.54 Å². The largest absolute Gasteiger partial charge is 0.369 e. The van der Waals surface area contributed by atoms with Gasteiger partial charge in [0.15, 0.2) is 5.82 Å². The van der Waals surface area contributed by atoms with Gasteiger partial charge in [-0.15, -0.1) is 0 Å². The number of nitrogens with zero attached hydrogens (tertiary/aromatic N) is 4. The topological polar surface area (TPSA) is 106 Å². The first kappa shape index (κ1) is 13.9. The molecule has 8 heteroatoms. The molecule has 0 atom stereocenters. The van der Waals surface area contributed by atoms with Crippen LogP contribution in [0.3, 0.4) is 0 Å². The molecule has 2 heterocycles. The molecule has 0 bridgehead atoms.